The molecule has 0 spiro atoms. The van der Waals surface area contributed by atoms with Gasteiger partial charge in [0.25, 0.3) is 0 Å². The van der Waals surface area contributed by atoms with Gasteiger partial charge in [-0.2, -0.15) is 0 Å². The Kier molecular flexibility index (Phi) is 5.43. The zero-order valence-electron chi connectivity index (χ0n) is 15.6. The fraction of sp³-hybridized carbons (Fsp3) is 0.304. The fourth-order valence-corrected chi connectivity index (χ4v) is 4.07. The zero-order chi connectivity index (χ0) is 20.5. The molecule has 2 aromatic carbocycles. The van der Waals surface area contributed by atoms with E-state index in [0.717, 1.165) is 18.4 Å². The highest BCUT2D eigenvalue weighted by molar-refractivity contribution is 6.30. The number of Topliss-reactive ketones (excluding diaryl/α,β-unsaturated/α-hetero) is 1. The maximum Gasteiger partial charge on any atom is 0.339 e. The van der Waals surface area contributed by atoms with Crippen LogP contribution >= 0.6 is 11.6 Å². The summed E-state index contributed by atoms with van der Waals surface area (Å²) in [5, 5.41) is 21.5. The number of rotatable bonds is 6. The quantitative estimate of drug-likeness (QED) is 0.692. The van der Waals surface area contributed by atoms with Crippen LogP contribution in [0.5, 0.6) is 0 Å². The van der Waals surface area contributed by atoms with Gasteiger partial charge in [0.15, 0.2) is 11.9 Å². The van der Waals surface area contributed by atoms with E-state index in [9.17, 15) is 19.8 Å². The predicted molar refractivity (Wildman–Crippen MR) is 107 cm³/mol. The van der Waals surface area contributed by atoms with E-state index in [4.69, 9.17) is 16.3 Å². The van der Waals surface area contributed by atoms with E-state index in [2.05, 4.69) is 0 Å². The van der Waals surface area contributed by atoms with Crippen molar-refractivity contribution in [3.8, 4) is 0 Å². The van der Waals surface area contributed by atoms with Crippen LogP contribution in [-0.2, 0) is 14.3 Å². The number of aliphatic hydroxyl groups is 2. The first kappa shape index (κ1) is 19.7. The van der Waals surface area contributed by atoms with Crippen molar-refractivity contribution in [2.75, 3.05) is 0 Å². The van der Waals surface area contributed by atoms with Gasteiger partial charge >= 0.3 is 5.97 Å². The molecule has 0 amide bonds. The van der Waals surface area contributed by atoms with Crippen LogP contribution in [0.1, 0.15) is 42.4 Å². The van der Waals surface area contributed by atoms with E-state index in [1.807, 2.05) is 30.3 Å². The molecule has 6 heteroatoms. The first-order valence-corrected chi connectivity index (χ1v) is 10.00. The van der Waals surface area contributed by atoms with Crippen molar-refractivity contribution in [2.24, 2.45) is 5.92 Å². The Bertz CT molecular complexity index is 964. The summed E-state index contributed by atoms with van der Waals surface area (Å²) in [4.78, 5) is 25.6. The molecule has 0 saturated heterocycles. The van der Waals surface area contributed by atoms with Crippen LogP contribution in [0.3, 0.4) is 0 Å². The van der Waals surface area contributed by atoms with E-state index >= 15 is 0 Å². The molecule has 4 rings (SSSR count). The third-order valence-electron chi connectivity index (χ3n) is 5.48. The highest BCUT2D eigenvalue weighted by Crippen LogP contribution is 2.48. The van der Waals surface area contributed by atoms with Gasteiger partial charge in [-0.05, 0) is 42.0 Å². The lowest BCUT2D eigenvalue weighted by atomic mass is 9.83. The van der Waals surface area contributed by atoms with Crippen LogP contribution in [0.15, 0.2) is 65.9 Å². The first-order valence-electron chi connectivity index (χ1n) is 9.62. The second-order valence-corrected chi connectivity index (χ2v) is 7.99. The number of halogens is 1. The fourth-order valence-electron chi connectivity index (χ4n) is 3.87. The average Bonchev–Trinajstić information content (AvgIpc) is 3.55. The molecule has 1 saturated carbocycles. The minimum absolute atomic E-state index is 0.0252. The van der Waals surface area contributed by atoms with Gasteiger partial charge in [-0.3, -0.25) is 4.79 Å². The molecule has 1 heterocycles. The number of hydrogen-bond acceptors (Lipinski definition) is 5. The summed E-state index contributed by atoms with van der Waals surface area (Å²) in [5.41, 5.74) is 1.41. The molecule has 0 radical (unpaired) electrons. The summed E-state index contributed by atoms with van der Waals surface area (Å²) >= 11 is 5.94. The molecule has 1 aliphatic carbocycles. The molecule has 3 atom stereocenters. The minimum Gasteiger partial charge on any atom is -0.504 e. The number of cyclic esters (lactones) is 1. The summed E-state index contributed by atoms with van der Waals surface area (Å²) in [7, 11) is 0. The maximum atomic E-state index is 12.8. The molecule has 2 N–H and O–H groups in total. The van der Waals surface area contributed by atoms with Crippen LogP contribution < -0.4 is 0 Å². The van der Waals surface area contributed by atoms with Crippen molar-refractivity contribution in [2.45, 2.75) is 37.4 Å². The van der Waals surface area contributed by atoms with Crippen LogP contribution in [0.4, 0.5) is 0 Å². The Morgan fingerprint density at radius 2 is 1.72 bits per heavy atom. The van der Waals surface area contributed by atoms with Gasteiger partial charge < -0.3 is 14.9 Å². The SMILES string of the molecule is O=C1OC(CC(O)c2cccc(Cl)c2)C(=O)C(O)=C1C(c1ccccc1)C1CC1. The number of carbonyl (C=O) groups excluding carboxylic acids is 2. The summed E-state index contributed by atoms with van der Waals surface area (Å²) in [6.07, 6.45) is -0.598. The molecule has 1 aliphatic heterocycles. The van der Waals surface area contributed by atoms with E-state index in [0.29, 0.717) is 10.6 Å². The van der Waals surface area contributed by atoms with Crippen molar-refractivity contribution in [1.82, 2.24) is 0 Å². The normalized spacial score (nSPS) is 21.7. The summed E-state index contributed by atoms with van der Waals surface area (Å²) in [6, 6.07) is 16.0. The van der Waals surface area contributed by atoms with E-state index in [-0.39, 0.29) is 23.8 Å². The smallest absolute Gasteiger partial charge is 0.339 e. The second-order valence-electron chi connectivity index (χ2n) is 7.55. The van der Waals surface area contributed by atoms with Crippen molar-refractivity contribution < 1.29 is 24.5 Å². The lowest BCUT2D eigenvalue weighted by Crippen LogP contribution is -2.38. The third-order valence-corrected chi connectivity index (χ3v) is 5.72. The number of esters is 1. The van der Waals surface area contributed by atoms with Crippen LogP contribution in [0.2, 0.25) is 5.02 Å². The highest BCUT2D eigenvalue weighted by Gasteiger charge is 2.45. The van der Waals surface area contributed by atoms with Gasteiger partial charge in [0.1, 0.15) is 0 Å². The Hall–Kier alpha value is -2.63. The molecule has 3 unspecified atom stereocenters. The third kappa shape index (κ3) is 4.07. The van der Waals surface area contributed by atoms with Gasteiger partial charge in [-0.15, -0.1) is 0 Å². The minimum atomic E-state index is -1.24. The lowest BCUT2D eigenvalue weighted by molar-refractivity contribution is -0.156. The standard InChI is InChI=1S/C23H21ClO5/c24-16-8-4-7-15(11-16)17(25)12-18-21(26)22(27)20(23(28)29-18)19(14-9-10-14)13-5-2-1-3-6-13/h1-8,11,14,17-19,25,27H,9-10,12H2. The number of hydrogen-bond donors (Lipinski definition) is 2. The van der Waals surface area contributed by atoms with Crippen molar-refractivity contribution >= 4 is 23.4 Å². The Labute approximate surface area is 173 Å². The monoisotopic (exact) mass is 412 g/mol. The van der Waals surface area contributed by atoms with Crippen molar-refractivity contribution in [1.29, 1.82) is 0 Å². The zero-order valence-corrected chi connectivity index (χ0v) is 16.4. The van der Waals surface area contributed by atoms with E-state index < -0.39 is 29.7 Å². The van der Waals surface area contributed by atoms with Gasteiger partial charge in [0.2, 0.25) is 5.78 Å². The van der Waals surface area contributed by atoms with E-state index in [1.54, 1.807) is 24.3 Å². The van der Waals surface area contributed by atoms with Gasteiger partial charge in [0.05, 0.1) is 11.7 Å². The summed E-state index contributed by atoms with van der Waals surface area (Å²) in [6.45, 7) is 0. The lowest BCUT2D eigenvalue weighted by Gasteiger charge is -2.28. The molecule has 29 heavy (non-hydrogen) atoms. The number of ether oxygens (including phenoxy) is 1. The molecular formula is C23H21ClO5. The van der Waals surface area contributed by atoms with Gasteiger partial charge in [-0.1, -0.05) is 54.1 Å². The topological polar surface area (TPSA) is 83.8 Å². The largest absolute Gasteiger partial charge is 0.504 e. The molecule has 2 aliphatic rings. The second kappa shape index (κ2) is 8.01. The van der Waals surface area contributed by atoms with Gasteiger partial charge in [0, 0.05) is 17.4 Å². The first-order chi connectivity index (χ1) is 14.0. The number of carbonyl (C=O) groups is 2. The Morgan fingerprint density at radius 1 is 1.03 bits per heavy atom. The van der Waals surface area contributed by atoms with Crippen LogP contribution in [0.25, 0.3) is 0 Å². The summed E-state index contributed by atoms with van der Waals surface area (Å²) in [5.74, 6) is -2.10. The van der Waals surface area contributed by atoms with Crippen molar-refractivity contribution in [3.05, 3.63) is 82.1 Å². The van der Waals surface area contributed by atoms with E-state index in [1.165, 1.54) is 0 Å². The number of ketones is 1. The van der Waals surface area contributed by atoms with Crippen molar-refractivity contribution in [3.63, 3.8) is 0 Å². The Balaban J connectivity index is 1.59. The Morgan fingerprint density at radius 3 is 2.38 bits per heavy atom. The van der Waals surface area contributed by atoms with Crippen LogP contribution in [0, 0.1) is 5.92 Å². The summed E-state index contributed by atoms with van der Waals surface area (Å²) < 4.78 is 5.39. The maximum absolute atomic E-state index is 12.8. The number of aliphatic hydroxyl groups excluding tert-OH is 2. The molecule has 1 fully saturated rings. The molecule has 5 nitrogen and oxygen atoms in total. The number of benzene rings is 2. The molecule has 2 aromatic rings. The highest BCUT2D eigenvalue weighted by atomic mass is 35.5. The molecule has 150 valence electrons. The predicted octanol–water partition coefficient (Wildman–Crippen LogP) is 4.26. The molecule has 0 bridgehead atoms. The van der Waals surface area contributed by atoms with Crippen LogP contribution in [-0.4, -0.2) is 28.1 Å². The molecule has 0 aromatic heterocycles. The molecular weight excluding hydrogens is 392 g/mol. The average molecular weight is 413 g/mol. The van der Waals surface area contributed by atoms with Gasteiger partial charge in [-0.25, -0.2) is 4.79 Å².